The molecule has 0 N–H and O–H groups in total. The van der Waals surface area contributed by atoms with Crippen LogP contribution in [0.15, 0.2) is 70.6 Å². The summed E-state index contributed by atoms with van der Waals surface area (Å²) in [4.78, 5) is 4.39. The highest BCUT2D eigenvalue weighted by Crippen LogP contribution is 2.28. The summed E-state index contributed by atoms with van der Waals surface area (Å²) in [6.45, 7) is 0.561. The van der Waals surface area contributed by atoms with Crippen molar-refractivity contribution in [3.05, 3.63) is 93.9 Å². The Bertz CT molecular complexity index is 1050. The van der Waals surface area contributed by atoms with Crippen LogP contribution in [0.5, 0.6) is 0 Å². The predicted molar refractivity (Wildman–Crippen MR) is 111 cm³/mol. The summed E-state index contributed by atoms with van der Waals surface area (Å²) in [7, 11) is 0. The van der Waals surface area contributed by atoms with Gasteiger partial charge in [-0.2, -0.15) is 0 Å². The molecule has 0 unspecified atom stereocenters. The molecule has 0 radical (unpaired) electrons. The zero-order chi connectivity index (χ0) is 19.3. The van der Waals surface area contributed by atoms with Crippen LogP contribution in [0.25, 0.3) is 0 Å². The molecule has 0 amide bonds. The number of halogens is 2. The SMILES string of the molecule is Clc1ccc(CSc2nnc(Cc3ccccn3)n2Cc2ccco2)cc1Cl. The van der Waals surface area contributed by atoms with Gasteiger partial charge < -0.3 is 4.42 Å². The molecule has 0 atom stereocenters. The topological polar surface area (TPSA) is 56.7 Å². The molecule has 28 heavy (non-hydrogen) atoms. The van der Waals surface area contributed by atoms with Crippen molar-refractivity contribution in [3.63, 3.8) is 0 Å². The van der Waals surface area contributed by atoms with Gasteiger partial charge in [0.25, 0.3) is 0 Å². The Balaban J connectivity index is 1.57. The van der Waals surface area contributed by atoms with Gasteiger partial charge in [0.1, 0.15) is 11.6 Å². The highest BCUT2D eigenvalue weighted by molar-refractivity contribution is 7.98. The van der Waals surface area contributed by atoms with E-state index in [9.17, 15) is 0 Å². The van der Waals surface area contributed by atoms with Crippen molar-refractivity contribution in [3.8, 4) is 0 Å². The Hall–Kier alpha value is -2.28. The van der Waals surface area contributed by atoms with E-state index in [1.165, 1.54) is 0 Å². The Morgan fingerprint density at radius 1 is 1.00 bits per heavy atom. The van der Waals surface area contributed by atoms with Crippen LogP contribution in [0.3, 0.4) is 0 Å². The number of furan rings is 1. The first-order valence-electron chi connectivity index (χ1n) is 8.60. The first kappa shape index (κ1) is 19.1. The van der Waals surface area contributed by atoms with Gasteiger partial charge in [0.05, 0.1) is 29.3 Å². The monoisotopic (exact) mass is 430 g/mol. The lowest BCUT2D eigenvalue weighted by Gasteiger charge is -2.09. The summed E-state index contributed by atoms with van der Waals surface area (Å²) in [5, 5.41) is 10.7. The average molecular weight is 431 g/mol. The second kappa shape index (κ2) is 8.82. The second-order valence-electron chi connectivity index (χ2n) is 6.10. The summed E-state index contributed by atoms with van der Waals surface area (Å²) in [5.74, 6) is 2.39. The van der Waals surface area contributed by atoms with Gasteiger partial charge in [-0.3, -0.25) is 9.55 Å². The Labute approximate surface area is 176 Å². The highest BCUT2D eigenvalue weighted by atomic mass is 35.5. The van der Waals surface area contributed by atoms with Crippen LogP contribution in [-0.2, 0) is 18.7 Å². The van der Waals surface area contributed by atoms with Crippen molar-refractivity contribution in [2.24, 2.45) is 0 Å². The van der Waals surface area contributed by atoms with Crippen LogP contribution in [0.1, 0.15) is 22.8 Å². The van der Waals surface area contributed by atoms with E-state index in [4.69, 9.17) is 27.6 Å². The minimum Gasteiger partial charge on any atom is -0.467 e. The molecule has 5 nitrogen and oxygen atoms in total. The third-order valence-corrected chi connectivity index (χ3v) is 5.88. The van der Waals surface area contributed by atoms with E-state index in [1.807, 2.05) is 42.5 Å². The molecule has 1 aromatic carbocycles. The minimum absolute atomic E-state index is 0.549. The molecule has 0 bridgehead atoms. The number of nitrogens with zero attached hydrogens (tertiary/aromatic N) is 4. The van der Waals surface area contributed by atoms with Crippen LogP contribution >= 0.6 is 35.0 Å². The lowest BCUT2D eigenvalue weighted by Crippen LogP contribution is -2.07. The fourth-order valence-corrected chi connectivity index (χ4v) is 3.94. The molecule has 142 valence electrons. The van der Waals surface area contributed by atoms with Gasteiger partial charge in [0.15, 0.2) is 5.16 Å². The molecule has 3 heterocycles. The number of aromatic nitrogens is 4. The Morgan fingerprint density at radius 2 is 1.93 bits per heavy atom. The second-order valence-corrected chi connectivity index (χ2v) is 7.86. The van der Waals surface area contributed by atoms with E-state index in [1.54, 1.807) is 30.3 Å². The maximum atomic E-state index is 6.12. The number of hydrogen-bond acceptors (Lipinski definition) is 5. The van der Waals surface area contributed by atoms with Gasteiger partial charge in [0, 0.05) is 17.6 Å². The van der Waals surface area contributed by atoms with Gasteiger partial charge in [0.2, 0.25) is 0 Å². The maximum Gasteiger partial charge on any atom is 0.191 e. The normalized spacial score (nSPS) is 11.1. The van der Waals surface area contributed by atoms with Crippen LogP contribution in [0, 0.1) is 0 Å². The zero-order valence-corrected chi connectivity index (χ0v) is 17.1. The van der Waals surface area contributed by atoms with E-state index in [0.717, 1.165) is 28.0 Å². The van der Waals surface area contributed by atoms with Crippen molar-refractivity contribution in [2.45, 2.75) is 23.9 Å². The standard InChI is InChI=1S/C20H16Cl2N4OS/c21-17-7-6-14(10-18(17)22)13-28-20-25-24-19(11-15-4-1-2-8-23-15)26(20)12-16-5-3-9-27-16/h1-10H,11-13H2. The summed E-state index contributed by atoms with van der Waals surface area (Å²) in [6.07, 6.45) is 4.05. The predicted octanol–water partition coefficient (Wildman–Crippen LogP) is 5.50. The van der Waals surface area contributed by atoms with Crippen molar-refractivity contribution in [1.29, 1.82) is 0 Å². The summed E-state index contributed by atoms with van der Waals surface area (Å²) in [6, 6.07) is 15.3. The zero-order valence-electron chi connectivity index (χ0n) is 14.8. The van der Waals surface area contributed by atoms with Crippen molar-refractivity contribution >= 4 is 35.0 Å². The van der Waals surface area contributed by atoms with Crippen LogP contribution in [-0.4, -0.2) is 19.7 Å². The van der Waals surface area contributed by atoms with Gasteiger partial charge in [-0.15, -0.1) is 10.2 Å². The van der Waals surface area contributed by atoms with Gasteiger partial charge >= 0.3 is 0 Å². The molecule has 0 fully saturated rings. The van der Waals surface area contributed by atoms with Gasteiger partial charge in [-0.05, 0) is 42.0 Å². The molecule has 0 saturated heterocycles. The fraction of sp³-hybridized carbons (Fsp3) is 0.150. The van der Waals surface area contributed by atoms with Crippen molar-refractivity contribution in [1.82, 2.24) is 19.7 Å². The first-order chi connectivity index (χ1) is 13.7. The lowest BCUT2D eigenvalue weighted by atomic mass is 10.2. The third kappa shape index (κ3) is 4.58. The minimum atomic E-state index is 0.549. The molecule has 4 aromatic rings. The molecule has 0 aliphatic carbocycles. The summed E-state index contributed by atoms with van der Waals surface area (Å²) in [5.41, 5.74) is 2.01. The quantitative estimate of drug-likeness (QED) is 0.362. The number of benzene rings is 1. The molecule has 3 aromatic heterocycles. The van der Waals surface area contributed by atoms with Gasteiger partial charge in [-0.1, -0.05) is 47.1 Å². The molecule has 8 heteroatoms. The van der Waals surface area contributed by atoms with Crippen LogP contribution in [0.4, 0.5) is 0 Å². The van der Waals surface area contributed by atoms with E-state index >= 15 is 0 Å². The molecule has 0 spiro atoms. The van der Waals surface area contributed by atoms with E-state index in [-0.39, 0.29) is 0 Å². The summed E-state index contributed by atoms with van der Waals surface area (Å²) < 4.78 is 7.59. The molecule has 0 aliphatic rings. The smallest absolute Gasteiger partial charge is 0.191 e. The number of hydrogen-bond donors (Lipinski definition) is 0. The third-order valence-electron chi connectivity index (χ3n) is 4.10. The Kier molecular flexibility index (Phi) is 6.00. The number of pyridine rings is 1. The molecule has 0 aliphatic heterocycles. The number of thioether (sulfide) groups is 1. The van der Waals surface area contributed by atoms with E-state index < -0.39 is 0 Å². The van der Waals surface area contributed by atoms with Crippen LogP contribution in [0.2, 0.25) is 10.0 Å². The van der Waals surface area contributed by atoms with E-state index in [2.05, 4.69) is 19.7 Å². The van der Waals surface area contributed by atoms with Crippen molar-refractivity contribution in [2.75, 3.05) is 0 Å². The average Bonchev–Trinajstić information content (AvgIpc) is 3.35. The fourth-order valence-electron chi connectivity index (χ4n) is 2.72. The number of rotatable bonds is 7. The highest BCUT2D eigenvalue weighted by Gasteiger charge is 2.15. The molecular formula is C20H16Cl2N4OS. The first-order valence-corrected chi connectivity index (χ1v) is 10.3. The molecule has 0 saturated carbocycles. The maximum absolute atomic E-state index is 6.12. The molecule has 4 rings (SSSR count). The van der Waals surface area contributed by atoms with Crippen LogP contribution < -0.4 is 0 Å². The Morgan fingerprint density at radius 3 is 2.68 bits per heavy atom. The van der Waals surface area contributed by atoms with Crippen molar-refractivity contribution < 1.29 is 4.42 Å². The molecular weight excluding hydrogens is 415 g/mol. The van der Waals surface area contributed by atoms with E-state index in [0.29, 0.717) is 28.8 Å². The lowest BCUT2D eigenvalue weighted by molar-refractivity contribution is 0.479. The van der Waals surface area contributed by atoms with Gasteiger partial charge in [-0.25, -0.2) is 0 Å². The summed E-state index contributed by atoms with van der Waals surface area (Å²) >= 11 is 13.7. The largest absolute Gasteiger partial charge is 0.467 e.